The number of rotatable bonds is 6. The Labute approximate surface area is 236 Å². The normalized spacial score (nSPS) is 17.3. The number of nitrogens with zero attached hydrogens (tertiary/aromatic N) is 2. The number of nitrogens with one attached hydrogen (secondary N) is 1. The molecule has 2 aromatic heterocycles. The minimum Gasteiger partial charge on any atom is -0.477 e. The van der Waals surface area contributed by atoms with E-state index in [2.05, 4.69) is 11.1 Å². The molecule has 1 fully saturated rings. The minimum absolute atomic E-state index is 0.163. The molecule has 2 aliphatic heterocycles. The maximum Gasteiger partial charge on any atom is 0.402 e. The van der Waals surface area contributed by atoms with Gasteiger partial charge in [0.1, 0.15) is 23.7 Å². The maximum absolute atomic E-state index is 12.4. The van der Waals surface area contributed by atoms with Crippen molar-refractivity contribution in [3.05, 3.63) is 70.2 Å². The van der Waals surface area contributed by atoms with E-state index in [0.29, 0.717) is 11.3 Å². The van der Waals surface area contributed by atoms with Gasteiger partial charge in [0.2, 0.25) is 5.91 Å². The van der Waals surface area contributed by atoms with Crippen LogP contribution in [-0.4, -0.2) is 73.4 Å². The number of carbonyl (C=O) groups is 5. The van der Waals surface area contributed by atoms with Gasteiger partial charge in [-0.05, 0) is 23.6 Å². The van der Waals surface area contributed by atoms with E-state index in [0.717, 1.165) is 15.3 Å². The van der Waals surface area contributed by atoms with Crippen LogP contribution in [0.2, 0.25) is 0 Å². The van der Waals surface area contributed by atoms with E-state index in [1.165, 1.54) is 35.4 Å². The SMILES string of the molecule is CC(=O)OCC1=C(C(=O)O)N2C(=O)[C@@H](NC(=O)Cc3cccs3)[C@H]2SC1.NC(=O)O.Nn1ccc2ccccc21. The number of fused-ring (bicyclic) bond motifs is 2. The quantitative estimate of drug-likeness (QED) is 0.159. The molecule has 7 N–H and O–H groups in total. The number of β-lactam (4-membered cyclic amide) rings is 1. The molecule has 1 aromatic carbocycles. The summed E-state index contributed by atoms with van der Waals surface area (Å²) in [5, 5.41) is 21.9. The molecule has 0 aliphatic carbocycles. The molecule has 0 bridgehead atoms. The number of aliphatic carboxylic acids is 1. The highest BCUT2D eigenvalue weighted by Crippen LogP contribution is 2.40. The summed E-state index contributed by atoms with van der Waals surface area (Å²) >= 11 is 2.79. The fourth-order valence-electron chi connectivity index (χ4n) is 3.88. The van der Waals surface area contributed by atoms with Gasteiger partial charge in [-0.15, -0.1) is 23.1 Å². The van der Waals surface area contributed by atoms with Crippen LogP contribution in [0.3, 0.4) is 0 Å². The van der Waals surface area contributed by atoms with Crippen LogP contribution in [0.1, 0.15) is 11.8 Å². The zero-order valence-electron chi connectivity index (χ0n) is 21.2. The highest BCUT2D eigenvalue weighted by molar-refractivity contribution is 8.00. The smallest absolute Gasteiger partial charge is 0.402 e. The summed E-state index contributed by atoms with van der Waals surface area (Å²) in [4.78, 5) is 57.9. The Morgan fingerprint density at radius 1 is 1.12 bits per heavy atom. The molecular formula is C25H27N5O8S2. The first-order chi connectivity index (χ1) is 19.0. The first-order valence-corrected chi connectivity index (χ1v) is 13.6. The van der Waals surface area contributed by atoms with Gasteiger partial charge in [-0.1, -0.05) is 24.3 Å². The van der Waals surface area contributed by atoms with Crippen molar-refractivity contribution in [2.45, 2.75) is 24.8 Å². The number of para-hydroxylation sites is 1. The summed E-state index contributed by atoms with van der Waals surface area (Å²) in [6.07, 6.45) is 0.697. The van der Waals surface area contributed by atoms with Gasteiger partial charge >= 0.3 is 18.0 Å². The number of aromatic nitrogens is 1. The number of esters is 1. The molecule has 15 heteroatoms. The predicted octanol–water partition coefficient (Wildman–Crippen LogP) is 1.57. The molecule has 3 aromatic rings. The molecule has 0 unspecified atom stereocenters. The van der Waals surface area contributed by atoms with Crippen molar-refractivity contribution in [2.75, 3.05) is 18.2 Å². The molecule has 5 rings (SSSR count). The lowest BCUT2D eigenvalue weighted by Gasteiger charge is -2.49. The lowest BCUT2D eigenvalue weighted by molar-refractivity contribution is -0.151. The summed E-state index contributed by atoms with van der Waals surface area (Å²) in [5.74, 6) is 3.37. The second-order valence-corrected chi connectivity index (χ2v) is 10.5. The number of carboxylic acids is 1. The number of benzene rings is 1. The summed E-state index contributed by atoms with van der Waals surface area (Å²) in [7, 11) is 0. The molecule has 3 amide bonds. The van der Waals surface area contributed by atoms with Crippen LogP contribution in [0.25, 0.3) is 10.9 Å². The topological polar surface area (TPSA) is 207 Å². The molecule has 0 saturated carbocycles. The monoisotopic (exact) mass is 589 g/mol. The Bertz CT molecular complexity index is 1430. The van der Waals surface area contributed by atoms with Crippen molar-refractivity contribution in [1.82, 2.24) is 14.9 Å². The third kappa shape index (κ3) is 7.54. The van der Waals surface area contributed by atoms with Gasteiger partial charge in [0.05, 0.1) is 11.9 Å². The number of amides is 3. The van der Waals surface area contributed by atoms with E-state index >= 15 is 0 Å². The van der Waals surface area contributed by atoms with Crippen molar-refractivity contribution in [1.29, 1.82) is 0 Å². The number of carbonyl (C=O) groups excluding carboxylic acids is 3. The molecule has 0 spiro atoms. The Morgan fingerprint density at radius 2 is 1.82 bits per heavy atom. The number of ether oxygens (including phenoxy) is 1. The van der Waals surface area contributed by atoms with Crippen LogP contribution in [0.4, 0.5) is 4.79 Å². The van der Waals surface area contributed by atoms with Gasteiger partial charge in [0.15, 0.2) is 0 Å². The standard InChI is InChI=1S/C16H16N2O6S2.C8H8N2.CH3NO2/c1-8(19)24-6-9-7-26-15-12(14(21)18(15)13(9)16(22)23)17-11(20)5-10-3-2-4-25-10;9-10-6-5-7-3-1-2-4-8(7)10;2-1(3)4/h2-4,12,15H,5-7H2,1H3,(H,17,20)(H,22,23);1-6H,9H2;2H2,(H,3,4)/t12-,15-;;/m1../s1. The van der Waals surface area contributed by atoms with Gasteiger partial charge in [0.25, 0.3) is 5.91 Å². The number of hydrogen-bond donors (Lipinski definition) is 5. The molecule has 13 nitrogen and oxygen atoms in total. The lowest BCUT2D eigenvalue weighted by Crippen LogP contribution is -2.70. The third-order valence-corrected chi connectivity index (χ3v) is 7.78. The number of nitrogens with two attached hydrogens (primary N) is 2. The molecular weight excluding hydrogens is 562 g/mol. The van der Waals surface area contributed by atoms with Crippen LogP contribution in [0.5, 0.6) is 0 Å². The number of thioether (sulfide) groups is 1. The predicted molar refractivity (Wildman–Crippen MR) is 149 cm³/mol. The van der Waals surface area contributed by atoms with E-state index in [9.17, 15) is 24.3 Å². The Kier molecular flexibility index (Phi) is 10.2. The summed E-state index contributed by atoms with van der Waals surface area (Å²) in [5.41, 5.74) is 5.30. The second-order valence-electron chi connectivity index (χ2n) is 8.37. The minimum atomic E-state index is -1.33. The average molecular weight is 590 g/mol. The van der Waals surface area contributed by atoms with Crippen LogP contribution in [0, 0.1) is 0 Å². The van der Waals surface area contributed by atoms with E-state index in [1.807, 2.05) is 54.0 Å². The summed E-state index contributed by atoms with van der Waals surface area (Å²) in [6.45, 7) is 1.06. The van der Waals surface area contributed by atoms with Crippen LogP contribution in [0.15, 0.2) is 65.3 Å². The van der Waals surface area contributed by atoms with Gasteiger partial charge in [-0.2, -0.15) is 0 Å². The van der Waals surface area contributed by atoms with Crippen LogP contribution in [-0.2, 0) is 30.3 Å². The van der Waals surface area contributed by atoms with Gasteiger partial charge < -0.3 is 31.8 Å². The number of hydrogen-bond acceptors (Lipinski definition) is 9. The highest BCUT2D eigenvalue weighted by Gasteiger charge is 2.54. The number of primary amides is 1. The first kappa shape index (κ1) is 30.0. The number of carboxylic acid groups (broad SMARTS) is 2. The van der Waals surface area contributed by atoms with Crippen molar-refractivity contribution >= 4 is 63.8 Å². The van der Waals surface area contributed by atoms with E-state index < -0.39 is 35.4 Å². The maximum atomic E-state index is 12.4. The second kappa shape index (κ2) is 13.5. The first-order valence-electron chi connectivity index (χ1n) is 11.6. The molecule has 2 atom stereocenters. The molecule has 40 heavy (non-hydrogen) atoms. The fraction of sp³-hybridized carbons (Fsp3) is 0.240. The lowest BCUT2D eigenvalue weighted by atomic mass is 10.0. The molecule has 212 valence electrons. The zero-order valence-corrected chi connectivity index (χ0v) is 22.8. The van der Waals surface area contributed by atoms with Crippen molar-refractivity contribution in [3.8, 4) is 0 Å². The molecule has 0 radical (unpaired) electrons. The van der Waals surface area contributed by atoms with E-state index in [-0.39, 0.29) is 24.6 Å². The van der Waals surface area contributed by atoms with E-state index in [1.54, 1.807) is 4.68 Å². The van der Waals surface area contributed by atoms with Crippen LogP contribution >= 0.6 is 23.1 Å². The number of nitrogen functional groups attached to an aromatic ring is 1. The fourth-order valence-corrected chi connectivity index (χ4v) is 5.91. The summed E-state index contributed by atoms with van der Waals surface area (Å²) < 4.78 is 6.50. The van der Waals surface area contributed by atoms with Crippen molar-refractivity contribution < 1.29 is 38.9 Å². The van der Waals surface area contributed by atoms with Crippen LogP contribution < -0.4 is 16.9 Å². The van der Waals surface area contributed by atoms with Gasteiger partial charge in [-0.25, -0.2) is 9.59 Å². The Morgan fingerprint density at radius 3 is 2.42 bits per heavy atom. The van der Waals surface area contributed by atoms with Gasteiger partial charge in [0, 0.05) is 34.7 Å². The third-order valence-electron chi connectivity index (χ3n) is 5.56. The van der Waals surface area contributed by atoms with Crippen molar-refractivity contribution in [2.24, 2.45) is 5.73 Å². The molecule has 2 aliphatic rings. The molecule has 4 heterocycles. The van der Waals surface area contributed by atoms with Crippen molar-refractivity contribution in [3.63, 3.8) is 0 Å². The highest BCUT2D eigenvalue weighted by atomic mass is 32.2. The molecule has 1 saturated heterocycles. The largest absolute Gasteiger partial charge is 0.477 e. The average Bonchev–Trinajstić information content (AvgIpc) is 3.55. The Balaban J connectivity index is 0.000000257. The summed E-state index contributed by atoms with van der Waals surface area (Å²) in [6, 6.07) is 12.9. The van der Waals surface area contributed by atoms with E-state index in [4.69, 9.17) is 20.5 Å². The van der Waals surface area contributed by atoms with Gasteiger partial charge in [-0.3, -0.25) is 24.0 Å². The Hall–Kier alpha value is -4.50. The zero-order chi connectivity index (χ0) is 29.4. The number of thiophene rings is 1.